The summed E-state index contributed by atoms with van der Waals surface area (Å²) in [6.07, 6.45) is 9.88. The summed E-state index contributed by atoms with van der Waals surface area (Å²) in [5.74, 6) is 1.22. The van der Waals surface area contributed by atoms with Crippen molar-refractivity contribution in [1.82, 2.24) is 15.0 Å². The highest BCUT2D eigenvalue weighted by atomic mass is 19.1. The predicted octanol–water partition coefficient (Wildman–Crippen LogP) is 4.79. The number of aromatic amines is 1. The van der Waals surface area contributed by atoms with Crippen molar-refractivity contribution in [2.24, 2.45) is 5.92 Å². The Kier molecular flexibility index (Phi) is 5.27. The van der Waals surface area contributed by atoms with Crippen molar-refractivity contribution in [3.63, 3.8) is 0 Å². The molecule has 0 aliphatic heterocycles. The largest absolute Gasteiger partial charge is 0.385 e. The molecule has 2 heterocycles. The summed E-state index contributed by atoms with van der Waals surface area (Å²) in [6.45, 7) is 1.80. The number of aromatic nitrogens is 3. The van der Waals surface area contributed by atoms with Crippen LogP contribution in [0.1, 0.15) is 49.7 Å². The SMILES string of the molecule is CC(O)(Cc1ncc(CC2CCCC2)[nH]1)c1ccc(-c2ccc(F)cn2)cc1. The molecule has 0 spiro atoms. The maximum absolute atomic E-state index is 13.0. The third kappa shape index (κ3) is 4.30. The molecule has 0 radical (unpaired) electrons. The van der Waals surface area contributed by atoms with Crippen LogP contribution in [0, 0.1) is 11.7 Å². The van der Waals surface area contributed by atoms with Crippen LogP contribution in [0.3, 0.4) is 0 Å². The molecule has 4 rings (SSSR count). The van der Waals surface area contributed by atoms with E-state index in [0.29, 0.717) is 12.1 Å². The Morgan fingerprint density at radius 1 is 1.07 bits per heavy atom. The number of halogens is 1. The van der Waals surface area contributed by atoms with E-state index < -0.39 is 5.60 Å². The van der Waals surface area contributed by atoms with Crippen LogP contribution in [0.25, 0.3) is 11.3 Å². The number of rotatable bonds is 6. The first-order chi connectivity index (χ1) is 13.5. The number of aliphatic hydroxyl groups is 1. The highest BCUT2D eigenvalue weighted by Gasteiger charge is 2.25. The second-order valence-corrected chi connectivity index (χ2v) is 8.10. The topological polar surface area (TPSA) is 61.8 Å². The summed E-state index contributed by atoms with van der Waals surface area (Å²) < 4.78 is 13.0. The summed E-state index contributed by atoms with van der Waals surface area (Å²) in [6, 6.07) is 10.6. The van der Waals surface area contributed by atoms with Gasteiger partial charge in [0.2, 0.25) is 0 Å². The Labute approximate surface area is 164 Å². The number of nitrogens with one attached hydrogen (secondary N) is 1. The van der Waals surface area contributed by atoms with Crippen molar-refractivity contribution in [3.05, 3.63) is 71.7 Å². The summed E-state index contributed by atoms with van der Waals surface area (Å²) in [5.41, 5.74) is 2.53. The van der Waals surface area contributed by atoms with Gasteiger partial charge in [0.25, 0.3) is 0 Å². The predicted molar refractivity (Wildman–Crippen MR) is 107 cm³/mol. The fourth-order valence-corrected chi connectivity index (χ4v) is 4.10. The molecule has 1 aliphatic carbocycles. The zero-order valence-electron chi connectivity index (χ0n) is 16.2. The minimum absolute atomic E-state index is 0.353. The minimum Gasteiger partial charge on any atom is -0.385 e. The van der Waals surface area contributed by atoms with Crippen LogP contribution in [0.2, 0.25) is 0 Å². The van der Waals surface area contributed by atoms with Gasteiger partial charge in [0.1, 0.15) is 11.6 Å². The molecule has 1 unspecified atom stereocenters. The lowest BCUT2D eigenvalue weighted by Crippen LogP contribution is -2.24. The second kappa shape index (κ2) is 7.84. The molecule has 28 heavy (non-hydrogen) atoms. The molecule has 4 nitrogen and oxygen atoms in total. The van der Waals surface area contributed by atoms with Crippen molar-refractivity contribution in [2.45, 2.75) is 51.0 Å². The van der Waals surface area contributed by atoms with Gasteiger partial charge in [0.15, 0.2) is 0 Å². The van der Waals surface area contributed by atoms with Crippen LogP contribution in [0.5, 0.6) is 0 Å². The Bertz CT molecular complexity index is 910. The molecule has 2 N–H and O–H groups in total. The smallest absolute Gasteiger partial charge is 0.141 e. The normalized spacial score (nSPS) is 17.0. The van der Waals surface area contributed by atoms with E-state index in [-0.39, 0.29) is 5.82 Å². The molecular weight excluding hydrogens is 353 g/mol. The van der Waals surface area contributed by atoms with Gasteiger partial charge in [-0.1, -0.05) is 49.9 Å². The highest BCUT2D eigenvalue weighted by molar-refractivity contribution is 5.59. The molecule has 1 aliphatic rings. The standard InChI is InChI=1S/C23H26FN3O/c1-23(28,13-22-26-15-20(27-22)12-16-4-2-3-5-16)18-8-6-17(7-9-18)21-11-10-19(24)14-25-21/h6-11,14-16,28H,2-5,12-13H2,1H3,(H,26,27). The third-order valence-corrected chi connectivity index (χ3v) is 5.71. The van der Waals surface area contributed by atoms with Crippen LogP contribution in [-0.2, 0) is 18.4 Å². The van der Waals surface area contributed by atoms with Gasteiger partial charge in [-0.2, -0.15) is 0 Å². The summed E-state index contributed by atoms with van der Waals surface area (Å²) in [4.78, 5) is 12.0. The van der Waals surface area contributed by atoms with Gasteiger partial charge < -0.3 is 10.1 Å². The van der Waals surface area contributed by atoms with E-state index >= 15 is 0 Å². The van der Waals surface area contributed by atoms with Crippen LogP contribution in [0.4, 0.5) is 4.39 Å². The van der Waals surface area contributed by atoms with E-state index in [1.165, 1.54) is 37.9 Å². The van der Waals surface area contributed by atoms with E-state index in [1.807, 2.05) is 30.5 Å². The van der Waals surface area contributed by atoms with Gasteiger partial charge in [-0.3, -0.25) is 4.98 Å². The van der Waals surface area contributed by atoms with Crippen LogP contribution >= 0.6 is 0 Å². The Balaban J connectivity index is 1.44. The molecule has 5 heteroatoms. The van der Waals surface area contributed by atoms with E-state index in [9.17, 15) is 9.50 Å². The Hall–Kier alpha value is -2.53. The first-order valence-corrected chi connectivity index (χ1v) is 9.97. The molecule has 2 aromatic heterocycles. The fraction of sp³-hybridized carbons (Fsp3) is 0.391. The first-order valence-electron chi connectivity index (χ1n) is 9.97. The van der Waals surface area contributed by atoms with Crippen LogP contribution < -0.4 is 0 Å². The average molecular weight is 379 g/mol. The molecule has 3 aromatic rings. The average Bonchev–Trinajstić information content (AvgIpc) is 3.35. The van der Waals surface area contributed by atoms with Gasteiger partial charge in [0, 0.05) is 23.9 Å². The van der Waals surface area contributed by atoms with Gasteiger partial charge in [-0.25, -0.2) is 9.37 Å². The number of hydrogen-bond donors (Lipinski definition) is 2. The lowest BCUT2D eigenvalue weighted by atomic mass is 9.91. The molecular formula is C23H26FN3O. The van der Waals surface area contributed by atoms with Crippen molar-refractivity contribution in [1.29, 1.82) is 0 Å². The molecule has 146 valence electrons. The fourth-order valence-electron chi connectivity index (χ4n) is 4.10. The molecule has 1 aromatic carbocycles. The minimum atomic E-state index is -1.03. The molecule has 1 fully saturated rings. The van der Waals surface area contributed by atoms with E-state index in [1.54, 1.807) is 13.0 Å². The van der Waals surface area contributed by atoms with Gasteiger partial charge in [-0.15, -0.1) is 0 Å². The zero-order chi connectivity index (χ0) is 19.6. The van der Waals surface area contributed by atoms with Gasteiger partial charge >= 0.3 is 0 Å². The number of benzene rings is 1. The van der Waals surface area contributed by atoms with E-state index in [0.717, 1.165) is 35.0 Å². The monoisotopic (exact) mass is 379 g/mol. The van der Waals surface area contributed by atoms with Crippen molar-refractivity contribution in [2.75, 3.05) is 0 Å². The van der Waals surface area contributed by atoms with Crippen molar-refractivity contribution < 1.29 is 9.50 Å². The second-order valence-electron chi connectivity index (χ2n) is 8.10. The highest BCUT2D eigenvalue weighted by Crippen LogP contribution is 2.29. The van der Waals surface area contributed by atoms with E-state index in [2.05, 4.69) is 15.0 Å². The van der Waals surface area contributed by atoms with Gasteiger partial charge in [0.05, 0.1) is 17.5 Å². The quantitative estimate of drug-likeness (QED) is 0.647. The third-order valence-electron chi connectivity index (χ3n) is 5.71. The van der Waals surface area contributed by atoms with Crippen molar-refractivity contribution >= 4 is 0 Å². The number of nitrogens with zero attached hydrogens (tertiary/aromatic N) is 2. The van der Waals surface area contributed by atoms with Crippen LogP contribution in [0.15, 0.2) is 48.8 Å². The number of H-pyrrole nitrogens is 1. The number of pyridine rings is 1. The number of hydrogen-bond acceptors (Lipinski definition) is 3. The molecule has 1 atom stereocenters. The summed E-state index contributed by atoms with van der Waals surface area (Å²) in [7, 11) is 0. The maximum Gasteiger partial charge on any atom is 0.141 e. The Morgan fingerprint density at radius 2 is 1.82 bits per heavy atom. The summed E-state index contributed by atoms with van der Waals surface area (Å²) >= 11 is 0. The van der Waals surface area contributed by atoms with Crippen LogP contribution in [-0.4, -0.2) is 20.1 Å². The zero-order valence-corrected chi connectivity index (χ0v) is 16.2. The molecule has 0 bridgehead atoms. The molecule has 1 saturated carbocycles. The Morgan fingerprint density at radius 3 is 2.50 bits per heavy atom. The number of imidazole rings is 1. The van der Waals surface area contributed by atoms with Crippen molar-refractivity contribution in [3.8, 4) is 11.3 Å². The lowest BCUT2D eigenvalue weighted by molar-refractivity contribution is 0.0556. The molecule has 0 amide bonds. The molecule has 0 saturated heterocycles. The lowest BCUT2D eigenvalue weighted by Gasteiger charge is -2.23. The van der Waals surface area contributed by atoms with E-state index in [4.69, 9.17) is 0 Å². The maximum atomic E-state index is 13.0. The first kappa shape index (κ1) is 18.8. The van der Waals surface area contributed by atoms with Gasteiger partial charge in [-0.05, 0) is 37.0 Å². The summed E-state index contributed by atoms with van der Waals surface area (Å²) in [5, 5.41) is 11.0.